The zero-order chi connectivity index (χ0) is 31.0. The Morgan fingerprint density at radius 2 is 1.80 bits per heavy atom. The third-order valence-electron chi connectivity index (χ3n) is 8.43. The van der Waals surface area contributed by atoms with Gasteiger partial charge in [0.05, 0.1) is 6.04 Å². The molecule has 7 rings (SSSR count). The highest BCUT2D eigenvalue weighted by Crippen LogP contribution is 2.52. The van der Waals surface area contributed by atoms with Gasteiger partial charge in [-0.15, -0.1) is 0 Å². The number of sulfonamides is 1. The van der Waals surface area contributed by atoms with Crippen LogP contribution >= 0.6 is 0 Å². The van der Waals surface area contributed by atoms with Crippen LogP contribution in [0.5, 0.6) is 0 Å². The van der Waals surface area contributed by atoms with E-state index in [0.717, 1.165) is 10.1 Å². The number of hydrogen-bond donors (Lipinski definition) is 2. The Labute approximate surface area is 248 Å². The van der Waals surface area contributed by atoms with Crippen LogP contribution in [0.25, 0.3) is 22.2 Å². The smallest absolute Gasteiger partial charge is 0.273 e. The number of rotatable bonds is 6. The van der Waals surface area contributed by atoms with Crippen LogP contribution < -0.4 is 5.32 Å². The van der Waals surface area contributed by atoms with Crippen LogP contribution in [0.2, 0.25) is 0 Å². The quantitative estimate of drug-likeness (QED) is 0.262. The van der Waals surface area contributed by atoms with E-state index in [9.17, 15) is 31.5 Å². The predicted octanol–water partition coefficient (Wildman–Crippen LogP) is 4.71. The van der Waals surface area contributed by atoms with Crippen LogP contribution in [0.15, 0.2) is 76.4 Å². The van der Waals surface area contributed by atoms with Crippen LogP contribution in [-0.2, 0) is 22.7 Å². The molecule has 0 saturated carbocycles. The molecule has 2 bridgehead atoms. The lowest BCUT2D eigenvalue weighted by Crippen LogP contribution is -2.43. The first kappa shape index (κ1) is 28.3. The summed E-state index contributed by atoms with van der Waals surface area (Å²) in [6.07, 6.45) is 2.32. The molecule has 5 aromatic rings. The van der Waals surface area contributed by atoms with Gasteiger partial charge in [0.25, 0.3) is 15.9 Å². The standard InChI is InChI=1S/C30H24F3N5O5S/c1-37-27(28(39)35-17-12-20(31)25(33)21(32)13-17)19-8-5-11-34-26(19)29(37)44(41,42)38-18-9-10-24(38)30(40,15-18)23-14-22(43-36-23)16-6-3-2-4-7-16/h2-8,11-14,18,24,40H,9-10,15H2,1H3,(H,35,39)/t18?,24?,30-/m0/s1. The SMILES string of the molecule is Cn1c(C(=O)Nc2cc(F)c(F)c(F)c2)c2cccnc2c1S(=O)(=O)N1C2CCC1[C@@](O)(c1cc(-c3ccccc3)on1)C2. The van der Waals surface area contributed by atoms with E-state index in [0.29, 0.717) is 30.7 Å². The largest absolute Gasteiger partial charge is 0.382 e. The van der Waals surface area contributed by atoms with Gasteiger partial charge in [-0.2, -0.15) is 4.31 Å². The number of aromatic nitrogens is 3. The Bertz CT molecular complexity index is 2040. The van der Waals surface area contributed by atoms with Gasteiger partial charge in [-0.3, -0.25) is 9.78 Å². The monoisotopic (exact) mass is 623 g/mol. The number of carbonyl (C=O) groups excluding carboxylic acids is 1. The molecule has 0 spiro atoms. The number of aliphatic hydroxyl groups is 1. The fourth-order valence-corrected chi connectivity index (χ4v) is 8.78. The molecule has 3 atom stereocenters. The molecule has 2 fully saturated rings. The maximum Gasteiger partial charge on any atom is 0.273 e. The van der Waals surface area contributed by atoms with Gasteiger partial charge in [0.2, 0.25) is 0 Å². The van der Waals surface area contributed by atoms with Crippen molar-refractivity contribution in [1.82, 2.24) is 19.0 Å². The summed E-state index contributed by atoms with van der Waals surface area (Å²) in [4.78, 5) is 17.7. The van der Waals surface area contributed by atoms with Crippen molar-refractivity contribution in [3.05, 3.63) is 95.7 Å². The van der Waals surface area contributed by atoms with Gasteiger partial charge in [-0.25, -0.2) is 21.6 Å². The highest BCUT2D eigenvalue weighted by Gasteiger charge is 2.62. The summed E-state index contributed by atoms with van der Waals surface area (Å²) in [7, 11) is -3.03. The van der Waals surface area contributed by atoms with Crippen molar-refractivity contribution in [2.24, 2.45) is 7.05 Å². The summed E-state index contributed by atoms with van der Waals surface area (Å²) in [5, 5.41) is 18.2. The summed E-state index contributed by atoms with van der Waals surface area (Å²) < 4.78 is 77.9. The summed E-state index contributed by atoms with van der Waals surface area (Å²) in [6.45, 7) is 0. The molecular weight excluding hydrogens is 599 g/mol. The molecule has 0 radical (unpaired) electrons. The van der Waals surface area contributed by atoms with E-state index in [1.165, 1.54) is 29.7 Å². The predicted molar refractivity (Wildman–Crippen MR) is 151 cm³/mol. The number of amides is 1. The first-order valence-electron chi connectivity index (χ1n) is 13.7. The summed E-state index contributed by atoms with van der Waals surface area (Å²) >= 11 is 0. The first-order chi connectivity index (χ1) is 21.0. The Morgan fingerprint density at radius 1 is 1.07 bits per heavy atom. The number of carbonyl (C=O) groups is 1. The van der Waals surface area contributed by atoms with Crippen LogP contribution in [-0.4, -0.2) is 50.5 Å². The van der Waals surface area contributed by atoms with Gasteiger partial charge >= 0.3 is 0 Å². The second kappa shape index (κ2) is 10.0. The minimum absolute atomic E-state index is 0.000688. The number of fused-ring (bicyclic) bond motifs is 3. The molecular formula is C30H24F3N5O5S. The summed E-state index contributed by atoms with van der Waals surface area (Å²) in [6, 6.07) is 13.6. The lowest BCUT2D eigenvalue weighted by molar-refractivity contribution is -0.00146. The highest BCUT2D eigenvalue weighted by atomic mass is 32.2. The minimum Gasteiger partial charge on any atom is -0.382 e. The molecule has 0 aliphatic carbocycles. The molecule has 10 nitrogen and oxygen atoms in total. The number of anilines is 1. The Balaban J connectivity index is 1.27. The van der Waals surface area contributed by atoms with E-state index in [1.807, 2.05) is 30.3 Å². The molecule has 2 aliphatic heterocycles. The van der Waals surface area contributed by atoms with Gasteiger partial charge in [-0.1, -0.05) is 35.5 Å². The lowest BCUT2D eigenvalue weighted by Gasteiger charge is -2.30. The maximum atomic E-state index is 14.4. The number of nitrogens with zero attached hydrogens (tertiary/aromatic N) is 4. The normalized spacial score (nSPS) is 21.8. The Morgan fingerprint density at radius 3 is 2.52 bits per heavy atom. The zero-order valence-corrected chi connectivity index (χ0v) is 23.9. The second-order valence-corrected chi connectivity index (χ2v) is 12.7. The van der Waals surface area contributed by atoms with Crippen LogP contribution in [0.1, 0.15) is 35.4 Å². The fourth-order valence-electron chi connectivity index (χ4n) is 6.55. The minimum atomic E-state index is -4.40. The highest BCUT2D eigenvalue weighted by molar-refractivity contribution is 7.89. The molecule has 44 heavy (non-hydrogen) atoms. The Kier molecular flexibility index (Phi) is 6.43. The lowest BCUT2D eigenvalue weighted by atomic mass is 9.82. The number of halogens is 3. The van der Waals surface area contributed by atoms with Gasteiger partial charge in [0, 0.05) is 60.5 Å². The molecule has 5 heterocycles. The van der Waals surface area contributed by atoms with Crippen LogP contribution in [0.4, 0.5) is 18.9 Å². The molecule has 2 unspecified atom stereocenters. The van der Waals surface area contributed by atoms with Crippen molar-refractivity contribution in [3.8, 4) is 11.3 Å². The van der Waals surface area contributed by atoms with Crippen molar-refractivity contribution in [2.75, 3.05) is 5.32 Å². The second-order valence-electron chi connectivity index (χ2n) is 11.0. The third kappa shape index (κ3) is 4.16. The van der Waals surface area contributed by atoms with Crippen molar-refractivity contribution in [1.29, 1.82) is 0 Å². The number of nitrogens with one attached hydrogen (secondary N) is 1. The van der Waals surface area contributed by atoms with Crippen molar-refractivity contribution >= 4 is 32.5 Å². The van der Waals surface area contributed by atoms with Gasteiger partial charge < -0.3 is 19.5 Å². The molecule has 2 aliphatic rings. The van der Waals surface area contributed by atoms with Gasteiger partial charge in [-0.05, 0) is 25.0 Å². The summed E-state index contributed by atoms with van der Waals surface area (Å²) in [5.41, 5.74) is -1.17. The van der Waals surface area contributed by atoms with E-state index in [2.05, 4.69) is 15.5 Å². The molecule has 2 saturated heterocycles. The molecule has 226 valence electrons. The molecule has 1 amide bonds. The topological polar surface area (TPSA) is 131 Å². The van der Waals surface area contributed by atoms with E-state index in [1.54, 1.807) is 6.07 Å². The van der Waals surface area contributed by atoms with E-state index >= 15 is 0 Å². The first-order valence-corrected chi connectivity index (χ1v) is 15.1. The average molecular weight is 624 g/mol. The Hall–Kier alpha value is -4.53. The van der Waals surface area contributed by atoms with Gasteiger partial charge in [0.15, 0.2) is 28.2 Å². The van der Waals surface area contributed by atoms with Crippen LogP contribution in [0.3, 0.4) is 0 Å². The number of benzene rings is 2. The average Bonchev–Trinajstić information content (AvgIpc) is 3.77. The third-order valence-corrected chi connectivity index (χ3v) is 10.5. The molecule has 2 aromatic carbocycles. The maximum absolute atomic E-state index is 14.4. The fraction of sp³-hybridized carbons (Fsp3) is 0.233. The van der Waals surface area contributed by atoms with E-state index in [4.69, 9.17) is 4.52 Å². The van der Waals surface area contributed by atoms with Crippen molar-refractivity contribution in [3.63, 3.8) is 0 Å². The van der Waals surface area contributed by atoms with Crippen molar-refractivity contribution < 1.29 is 36.0 Å². The summed E-state index contributed by atoms with van der Waals surface area (Å²) in [5.74, 6) is -5.15. The van der Waals surface area contributed by atoms with Crippen LogP contribution in [0, 0.1) is 17.5 Å². The molecule has 14 heteroatoms. The van der Waals surface area contributed by atoms with Gasteiger partial charge in [0.1, 0.15) is 22.5 Å². The zero-order valence-electron chi connectivity index (χ0n) is 23.0. The van der Waals surface area contributed by atoms with E-state index < -0.39 is 51.1 Å². The number of pyridine rings is 1. The molecule has 2 N–H and O–H groups in total. The molecule has 3 aromatic heterocycles. The van der Waals surface area contributed by atoms with Crippen molar-refractivity contribution in [2.45, 2.75) is 42.0 Å². The number of hydrogen-bond acceptors (Lipinski definition) is 7. The van der Waals surface area contributed by atoms with E-state index in [-0.39, 0.29) is 39.4 Å².